The lowest BCUT2D eigenvalue weighted by Gasteiger charge is -2.19. The number of ether oxygens (including phenoxy) is 3. The van der Waals surface area contributed by atoms with Gasteiger partial charge in [0, 0.05) is 17.9 Å². The highest BCUT2D eigenvalue weighted by molar-refractivity contribution is 5.91. The van der Waals surface area contributed by atoms with Crippen LogP contribution in [0.15, 0.2) is 35.1 Å². The zero-order valence-electron chi connectivity index (χ0n) is 23.4. The van der Waals surface area contributed by atoms with Crippen LogP contribution in [0.4, 0.5) is 15.5 Å². The Kier molecular flexibility index (Phi) is 9.74. The molecule has 0 bridgehead atoms. The molecule has 18 heteroatoms. The lowest BCUT2D eigenvalue weighted by Crippen LogP contribution is -2.38. The van der Waals surface area contributed by atoms with Crippen LogP contribution in [0.25, 0.3) is 22.6 Å². The van der Waals surface area contributed by atoms with Gasteiger partial charge in [0.05, 0.1) is 0 Å². The molecule has 4 rings (SSSR count). The minimum atomic E-state index is -1.31. The summed E-state index contributed by atoms with van der Waals surface area (Å²) in [7, 11) is 0. The number of nitrogens with zero attached hydrogens (tertiary/aromatic N) is 3. The highest BCUT2D eigenvalue weighted by Crippen LogP contribution is 2.36. The van der Waals surface area contributed by atoms with E-state index in [1.54, 1.807) is 44.2 Å². The molecule has 3 aromatic rings. The maximum absolute atomic E-state index is 13.1. The first-order valence-electron chi connectivity index (χ1n) is 13.3. The molecule has 3 heterocycles. The molecular weight excluding hydrogens is 586 g/mol. The summed E-state index contributed by atoms with van der Waals surface area (Å²) in [6, 6.07) is 8.71. The quantitative estimate of drug-likeness (QED) is 0.174. The number of carbonyl (C=O) groups excluding carboxylic acids is 3. The molecule has 1 aliphatic rings. The number of alkyl carbamates (subject to hydrolysis) is 2. The van der Waals surface area contributed by atoms with Crippen LogP contribution in [0.5, 0.6) is 0 Å². The molecule has 1 fully saturated rings. The summed E-state index contributed by atoms with van der Waals surface area (Å²) in [5, 5.41) is 24.3. The summed E-state index contributed by atoms with van der Waals surface area (Å²) in [6.07, 6.45) is -5.55. The highest BCUT2D eigenvalue weighted by atomic mass is 16.6. The fraction of sp³-hybridized carbons (Fsp3) is 0.385. The number of aromatic amines is 1. The van der Waals surface area contributed by atoms with Gasteiger partial charge in [0.2, 0.25) is 11.9 Å². The molecule has 0 aliphatic carbocycles. The smallest absolute Gasteiger partial charge is 0.408 e. The molecule has 234 valence electrons. The number of aliphatic carboxylic acids is 2. The van der Waals surface area contributed by atoms with Crippen molar-refractivity contribution in [2.45, 2.75) is 38.7 Å². The lowest BCUT2D eigenvalue weighted by atomic mass is 10.1. The Bertz CT molecular complexity index is 1620. The number of amides is 3. The molecule has 1 aliphatic heterocycles. The van der Waals surface area contributed by atoms with E-state index in [9.17, 15) is 28.8 Å². The van der Waals surface area contributed by atoms with E-state index in [-0.39, 0.29) is 29.4 Å². The third-order valence-electron chi connectivity index (χ3n) is 6.22. The first-order chi connectivity index (χ1) is 20.9. The molecule has 44 heavy (non-hydrogen) atoms. The third-order valence-corrected chi connectivity index (χ3v) is 6.22. The molecule has 0 radical (unpaired) electrons. The van der Waals surface area contributed by atoms with E-state index in [2.05, 4.69) is 25.6 Å². The molecule has 1 aromatic carbocycles. The minimum Gasteiger partial charge on any atom is -0.480 e. The standard InChI is InChI=1S/C26H29N7O11/c1-12(2)22(38)31-24-30-21-19(23(39)32-24)29-20(13-6-4-3-5-7-13)33(21)16-8-14(44-26(41)28-10-18(36)37)15(43-16)11-42-25(40)27-9-17(34)35/h3-7,12,14-16H,8-11H2,1-2H3,(H,27,40)(H,28,41)(H,34,35)(H,36,37)(H2,30,31,32,38,39)/t14-,15-,16-/m1/s1. The molecule has 0 unspecified atom stereocenters. The number of carboxylic acid groups (broad SMARTS) is 2. The van der Waals surface area contributed by atoms with E-state index in [1.807, 2.05) is 5.32 Å². The Balaban J connectivity index is 1.72. The molecular formula is C26H29N7O11. The van der Waals surface area contributed by atoms with Gasteiger partial charge in [0.25, 0.3) is 5.56 Å². The number of H-pyrrole nitrogens is 1. The van der Waals surface area contributed by atoms with Crippen LogP contribution in [0.3, 0.4) is 0 Å². The van der Waals surface area contributed by atoms with Gasteiger partial charge in [-0.1, -0.05) is 44.2 Å². The molecule has 1 saturated heterocycles. The minimum absolute atomic E-state index is 0.0199. The summed E-state index contributed by atoms with van der Waals surface area (Å²) >= 11 is 0. The molecule has 0 saturated carbocycles. The monoisotopic (exact) mass is 615 g/mol. The Morgan fingerprint density at radius 3 is 2.34 bits per heavy atom. The van der Waals surface area contributed by atoms with Crippen LogP contribution in [-0.2, 0) is 28.6 Å². The number of fused-ring (bicyclic) bond motifs is 1. The normalized spacial score (nSPS) is 17.7. The maximum atomic E-state index is 13.1. The van der Waals surface area contributed by atoms with Crippen LogP contribution < -0.4 is 21.5 Å². The summed E-state index contributed by atoms with van der Waals surface area (Å²) in [5.41, 5.74) is -0.157. The van der Waals surface area contributed by atoms with Crippen LogP contribution in [-0.4, -0.2) is 91.7 Å². The van der Waals surface area contributed by atoms with Crippen LogP contribution in [0, 0.1) is 5.92 Å². The van der Waals surface area contributed by atoms with Gasteiger partial charge in [-0.3, -0.25) is 34.0 Å². The molecule has 18 nitrogen and oxygen atoms in total. The van der Waals surface area contributed by atoms with Gasteiger partial charge in [-0.15, -0.1) is 0 Å². The molecule has 3 amide bonds. The predicted molar refractivity (Wildman–Crippen MR) is 148 cm³/mol. The summed E-state index contributed by atoms with van der Waals surface area (Å²) < 4.78 is 18.1. The van der Waals surface area contributed by atoms with E-state index in [0.717, 1.165) is 0 Å². The Morgan fingerprint density at radius 1 is 1.05 bits per heavy atom. The Morgan fingerprint density at radius 2 is 1.70 bits per heavy atom. The number of benzene rings is 1. The van der Waals surface area contributed by atoms with E-state index in [0.29, 0.717) is 5.56 Å². The molecule has 3 atom stereocenters. The van der Waals surface area contributed by atoms with E-state index in [4.69, 9.17) is 24.4 Å². The highest BCUT2D eigenvalue weighted by Gasteiger charge is 2.42. The number of hydrogen-bond donors (Lipinski definition) is 6. The van der Waals surface area contributed by atoms with Gasteiger partial charge in [-0.05, 0) is 0 Å². The van der Waals surface area contributed by atoms with Gasteiger partial charge in [-0.2, -0.15) is 4.98 Å². The Hall–Kier alpha value is -5.52. The first kappa shape index (κ1) is 31.4. The average molecular weight is 616 g/mol. The fourth-order valence-corrected chi connectivity index (χ4v) is 4.18. The topological polar surface area (TPSA) is 253 Å². The second-order valence-electron chi connectivity index (χ2n) is 9.80. The van der Waals surface area contributed by atoms with Crippen molar-refractivity contribution in [3.8, 4) is 11.4 Å². The van der Waals surface area contributed by atoms with Crippen molar-refractivity contribution in [3.05, 3.63) is 40.7 Å². The van der Waals surface area contributed by atoms with Crippen molar-refractivity contribution in [2.24, 2.45) is 5.92 Å². The third kappa shape index (κ3) is 7.65. The van der Waals surface area contributed by atoms with Crippen molar-refractivity contribution in [1.82, 2.24) is 30.2 Å². The summed E-state index contributed by atoms with van der Waals surface area (Å²) in [5.74, 6) is -3.34. The second kappa shape index (κ2) is 13.6. The van der Waals surface area contributed by atoms with E-state index >= 15 is 0 Å². The largest absolute Gasteiger partial charge is 0.480 e. The van der Waals surface area contributed by atoms with E-state index in [1.165, 1.54) is 4.57 Å². The zero-order valence-corrected chi connectivity index (χ0v) is 23.4. The van der Waals surface area contributed by atoms with E-state index < -0.39 is 79.6 Å². The number of carboxylic acids is 2. The average Bonchev–Trinajstić information content (AvgIpc) is 3.55. The number of aromatic nitrogens is 4. The maximum Gasteiger partial charge on any atom is 0.408 e. The van der Waals surface area contributed by atoms with Crippen molar-refractivity contribution >= 4 is 47.1 Å². The van der Waals surface area contributed by atoms with Gasteiger partial charge in [-0.25, -0.2) is 14.6 Å². The Labute approximate surface area is 247 Å². The number of rotatable bonds is 11. The van der Waals surface area contributed by atoms with Crippen LogP contribution in [0.1, 0.15) is 26.5 Å². The molecule has 2 aromatic heterocycles. The number of anilines is 1. The van der Waals surface area contributed by atoms with Crippen molar-refractivity contribution in [2.75, 3.05) is 25.0 Å². The molecule has 6 N–H and O–H groups in total. The van der Waals surface area contributed by atoms with Gasteiger partial charge in [0.1, 0.15) is 44.0 Å². The zero-order chi connectivity index (χ0) is 32.0. The van der Waals surface area contributed by atoms with Crippen molar-refractivity contribution in [3.63, 3.8) is 0 Å². The number of nitrogens with one attached hydrogen (secondary N) is 4. The summed E-state index contributed by atoms with van der Waals surface area (Å²) in [4.78, 5) is 82.8. The van der Waals surface area contributed by atoms with Gasteiger partial charge < -0.3 is 35.1 Å². The van der Waals surface area contributed by atoms with Crippen LogP contribution >= 0.6 is 0 Å². The second-order valence-corrected chi connectivity index (χ2v) is 9.80. The predicted octanol–water partition coefficient (Wildman–Crippen LogP) is 0.659. The van der Waals surface area contributed by atoms with Crippen molar-refractivity contribution < 1.29 is 48.4 Å². The number of hydrogen-bond acceptors (Lipinski definition) is 11. The van der Waals surface area contributed by atoms with Crippen molar-refractivity contribution in [1.29, 1.82) is 0 Å². The summed E-state index contributed by atoms with van der Waals surface area (Å²) in [6.45, 7) is 1.38. The molecule has 0 spiro atoms. The lowest BCUT2D eigenvalue weighted by molar-refractivity contribution is -0.136. The van der Waals surface area contributed by atoms with Crippen LogP contribution in [0.2, 0.25) is 0 Å². The van der Waals surface area contributed by atoms with Gasteiger partial charge in [0.15, 0.2) is 11.2 Å². The number of imidazole rings is 1. The fourth-order valence-electron chi connectivity index (χ4n) is 4.18. The first-order valence-corrected chi connectivity index (χ1v) is 13.3. The SMILES string of the molecule is CC(C)C(=O)Nc1nc2c(nc(-c3ccccc3)n2[C@H]2C[C@@H](OC(=O)NCC(=O)O)[C@@H](COC(=O)NCC(=O)O)O2)c(=O)[nH]1. The van der Waals surface area contributed by atoms with Gasteiger partial charge >= 0.3 is 24.1 Å². The number of carbonyl (C=O) groups is 5.